The van der Waals surface area contributed by atoms with Crippen molar-refractivity contribution in [2.75, 3.05) is 6.61 Å². The van der Waals surface area contributed by atoms with Gasteiger partial charge in [0.1, 0.15) is 5.75 Å². The Morgan fingerprint density at radius 3 is 2.64 bits per heavy atom. The van der Waals surface area contributed by atoms with Crippen molar-refractivity contribution in [2.24, 2.45) is 5.73 Å². The van der Waals surface area contributed by atoms with Crippen LogP contribution in [0.4, 0.5) is 0 Å². The molecule has 3 nitrogen and oxygen atoms in total. The summed E-state index contributed by atoms with van der Waals surface area (Å²) >= 11 is 0. The number of aliphatic hydroxyl groups excluding tert-OH is 1. The minimum atomic E-state index is -0.287. The van der Waals surface area contributed by atoms with E-state index in [9.17, 15) is 5.11 Å². The first-order valence-corrected chi connectivity index (χ1v) is 4.31. The van der Waals surface area contributed by atoms with Crippen molar-refractivity contribution in [1.29, 1.82) is 0 Å². The first-order valence-electron chi connectivity index (χ1n) is 4.31. The number of benzene rings is 1. The molecule has 0 amide bonds. The number of phenolic OH excluding ortho intramolecular Hbond substituents is 1. The van der Waals surface area contributed by atoms with Gasteiger partial charge in [0, 0.05) is 18.2 Å². The number of aliphatic hydroxyl groups is 1. The molecule has 0 aliphatic rings. The lowest BCUT2D eigenvalue weighted by atomic mass is 10.0. The third kappa shape index (κ3) is 2.87. The molecule has 0 saturated heterocycles. The standard InChI is InChI=1S/C10H15NO2.ClH/c1-7-3-2-4-8(10(7)13)9(11)5-6-12;/h2-4,9,12-13H,5-6,11H2,1H3;1H/t9-;/m1./s1. The number of halogens is 1. The van der Waals surface area contributed by atoms with Gasteiger partial charge in [-0.15, -0.1) is 12.4 Å². The molecule has 0 aliphatic heterocycles. The van der Waals surface area contributed by atoms with Gasteiger partial charge in [-0.3, -0.25) is 0 Å². The van der Waals surface area contributed by atoms with Gasteiger partial charge >= 0.3 is 0 Å². The Hall–Kier alpha value is -0.770. The van der Waals surface area contributed by atoms with Crippen LogP contribution < -0.4 is 5.73 Å². The second kappa shape index (κ2) is 5.86. The van der Waals surface area contributed by atoms with E-state index in [4.69, 9.17) is 10.8 Å². The van der Waals surface area contributed by atoms with E-state index in [-0.39, 0.29) is 30.8 Å². The van der Waals surface area contributed by atoms with Crippen molar-refractivity contribution < 1.29 is 10.2 Å². The smallest absolute Gasteiger partial charge is 0.123 e. The summed E-state index contributed by atoms with van der Waals surface area (Å²) in [5.74, 6) is 0.239. The van der Waals surface area contributed by atoms with E-state index < -0.39 is 0 Å². The molecule has 0 fully saturated rings. The van der Waals surface area contributed by atoms with Crippen LogP contribution in [0.5, 0.6) is 5.75 Å². The van der Waals surface area contributed by atoms with Gasteiger partial charge in [-0.2, -0.15) is 0 Å². The Morgan fingerprint density at radius 2 is 2.07 bits per heavy atom. The maximum atomic E-state index is 9.63. The van der Waals surface area contributed by atoms with E-state index in [1.807, 2.05) is 19.1 Å². The summed E-state index contributed by atoms with van der Waals surface area (Å²) in [5.41, 5.74) is 7.27. The van der Waals surface area contributed by atoms with E-state index in [0.29, 0.717) is 12.0 Å². The van der Waals surface area contributed by atoms with Crippen LogP contribution in [0.1, 0.15) is 23.6 Å². The van der Waals surface area contributed by atoms with Gasteiger partial charge < -0.3 is 15.9 Å². The molecule has 0 unspecified atom stereocenters. The molecule has 0 radical (unpaired) electrons. The molecular weight excluding hydrogens is 202 g/mol. The van der Waals surface area contributed by atoms with Crippen LogP contribution in [0.2, 0.25) is 0 Å². The quantitative estimate of drug-likeness (QED) is 0.719. The van der Waals surface area contributed by atoms with E-state index in [0.717, 1.165) is 5.56 Å². The number of aryl methyl sites for hydroxylation is 1. The third-order valence-electron chi connectivity index (χ3n) is 2.11. The first kappa shape index (κ1) is 13.2. The summed E-state index contributed by atoms with van der Waals surface area (Å²) in [5, 5.41) is 18.3. The molecule has 4 heteroatoms. The van der Waals surface area contributed by atoms with Crippen molar-refractivity contribution in [3.8, 4) is 5.75 Å². The van der Waals surface area contributed by atoms with E-state index >= 15 is 0 Å². The zero-order valence-corrected chi connectivity index (χ0v) is 8.92. The summed E-state index contributed by atoms with van der Waals surface area (Å²) in [6, 6.07) is 5.17. The molecule has 0 heterocycles. The lowest BCUT2D eigenvalue weighted by Crippen LogP contribution is -2.12. The Kier molecular flexibility index (Phi) is 5.53. The number of aromatic hydroxyl groups is 1. The van der Waals surface area contributed by atoms with E-state index in [1.54, 1.807) is 6.07 Å². The number of para-hydroxylation sites is 1. The van der Waals surface area contributed by atoms with Crippen LogP contribution in [0.3, 0.4) is 0 Å². The van der Waals surface area contributed by atoms with Gasteiger partial charge in [0.2, 0.25) is 0 Å². The van der Waals surface area contributed by atoms with Crippen LogP contribution in [-0.2, 0) is 0 Å². The SMILES string of the molecule is Cc1cccc([C@H](N)CCO)c1O.Cl. The van der Waals surface area contributed by atoms with Gasteiger partial charge in [-0.1, -0.05) is 18.2 Å². The molecule has 1 aromatic carbocycles. The molecule has 80 valence electrons. The summed E-state index contributed by atoms with van der Waals surface area (Å²) in [7, 11) is 0. The average Bonchev–Trinajstić information content (AvgIpc) is 2.10. The number of hydrogen-bond acceptors (Lipinski definition) is 3. The lowest BCUT2D eigenvalue weighted by molar-refractivity contribution is 0.275. The highest BCUT2D eigenvalue weighted by molar-refractivity contribution is 5.85. The van der Waals surface area contributed by atoms with Crippen LogP contribution in [-0.4, -0.2) is 16.8 Å². The zero-order chi connectivity index (χ0) is 9.84. The molecular formula is C10H16ClNO2. The lowest BCUT2D eigenvalue weighted by Gasteiger charge is -2.13. The summed E-state index contributed by atoms with van der Waals surface area (Å²) < 4.78 is 0. The number of nitrogens with two attached hydrogens (primary N) is 1. The van der Waals surface area contributed by atoms with Gasteiger partial charge in [0.15, 0.2) is 0 Å². The molecule has 1 atom stereocenters. The van der Waals surface area contributed by atoms with Crippen molar-refractivity contribution in [3.05, 3.63) is 29.3 Å². The van der Waals surface area contributed by atoms with Crippen LogP contribution in [0.15, 0.2) is 18.2 Å². The average molecular weight is 218 g/mol. The van der Waals surface area contributed by atoms with Gasteiger partial charge in [-0.25, -0.2) is 0 Å². The Labute approximate surface area is 90.0 Å². The van der Waals surface area contributed by atoms with Crippen molar-refractivity contribution >= 4 is 12.4 Å². The maximum absolute atomic E-state index is 9.63. The second-order valence-corrected chi connectivity index (χ2v) is 3.13. The zero-order valence-electron chi connectivity index (χ0n) is 8.10. The maximum Gasteiger partial charge on any atom is 0.123 e. The number of rotatable bonds is 3. The highest BCUT2D eigenvalue weighted by Crippen LogP contribution is 2.27. The molecule has 1 aromatic rings. The fourth-order valence-electron chi connectivity index (χ4n) is 1.28. The Morgan fingerprint density at radius 1 is 1.43 bits per heavy atom. The molecule has 0 bridgehead atoms. The van der Waals surface area contributed by atoms with Crippen molar-refractivity contribution in [1.82, 2.24) is 0 Å². The van der Waals surface area contributed by atoms with E-state index in [2.05, 4.69) is 0 Å². The van der Waals surface area contributed by atoms with Crippen LogP contribution in [0.25, 0.3) is 0 Å². The minimum Gasteiger partial charge on any atom is -0.507 e. The van der Waals surface area contributed by atoms with Gasteiger partial charge in [-0.05, 0) is 18.9 Å². The molecule has 14 heavy (non-hydrogen) atoms. The summed E-state index contributed by atoms with van der Waals surface area (Å²) in [6.45, 7) is 1.86. The molecule has 0 saturated carbocycles. The second-order valence-electron chi connectivity index (χ2n) is 3.13. The number of phenols is 1. The largest absolute Gasteiger partial charge is 0.507 e. The highest BCUT2D eigenvalue weighted by Gasteiger charge is 2.10. The van der Waals surface area contributed by atoms with Gasteiger partial charge in [0.05, 0.1) is 0 Å². The molecule has 0 spiro atoms. The fraction of sp³-hybridized carbons (Fsp3) is 0.400. The normalized spacial score (nSPS) is 11.9. The first-order chi connectivity index (χ1) is 6.16. The van der Waals surface area contributed by atoms with Gasteiger partial charge in [0.25, 0.3) is 0 Å². The Bertz CT molecular complexity index is 291. The van der Waals surface area contributed by atoms with E-state index in [1.165, 1.54) is 0 Å². The van der Waals surface area contributed by atoms with Crippen molar-refractivity contribution in [3.63, 3.8) is 0 Å². The fourth-order valence-corrected chi connectivity index (χ4v) is 1.28. The molecule has 0 aromatic heterocycles. The predicted octanol–water partition coefficient (Wildman–Crippen LogP) is 1.50. The Balaban J connectivity index is 0.00000169. The predicted molar refractivity (Wildman–Crippen MR) is 58.7 cm³/mol. The summed E-state index contributed by atoms with van der Waals surface area (Å²) in [6.07, 6.45) is 0.469. The van der Waals surface area contributed by atoms with Crippen LogP contribution >= 0.6 is 12.4 Å². The van der Waals surface area contributed by atoms with Crippen molar-refractivity contribution in [2.45, 2.75) is 19.4 Å². The number of hydrogen-bond donors (Lipinski definition) is 3. The van der Waals surface area contributed by atoms with Crippen LogP contribution in [0, 0.1) is 6.92 Å². The third-order valence-corrected chi connectivity index (χ3v) is 2.11. The minimum absolute atomic E-state index is 0. The monoisotopic (exact) mass is 217 g/mol. The molecule has 0 aliphatic carbocycles. The topological polar surface area (TPSA) is 66.5 Å². The summed E-state index contributed by atoms with van der Waals surface area (Å²) in [4.78, 5) is 0. The highest BCUT2D eigenvalue weighted by atomic mass is 35.5. The molecule has 1 rings (SSSR count). The molecule has 4 N–H and O–H groups in total.